The number of amides is 1. The zero-order chi connectivity index (χ0) is 21.0. The molecule has 2 heterocycles. The Bertz CT molecular complexity index is 995. The molecule has 5 rings (SSSR count). The number of nitrogens with one attached hydrogen (secondary N) is 1. The Morgan fingerprint density at radius 3 is 2.35 bits per heavy atom. The van der Waals surface area contributed by atoms with Gasteiger partial charge in [0.1, 0.15) is 11.0 Å². The highest BCUT2D eigenvalue weighted by Crippen LogP contribution is 2.27. The smallest absolute Gasteiger partial charge is 0.242 e. The first-order valence-corrected chi connectivity index (χ1v) is 12.0. The van der Waals surface area contributed by atoms with Crippen LogP contribution < -0.4 is 5.32 Å². The van der Waals surface area contributed by atoms with Crippen LogP contribution in [0.4, 0.5) is 0 Å². The summed E-state index contributed by atoms with van der Waals surface area (Å²) in [6.07, 6.45) is 2.22. The lowest BCUT2D eigenvalue weighted by atomic mass is 10.0. The monoisotopic (exact) mass is 432 g/mol. The van der Waals surface area contributed by atoms with E-state index in [1.54, 1.807) is 11.3 Å². The van der Waals surface area contributed by atoms with Gasteiger partial charge in [-0.15, -0.1) is 11.3 Å². The highest BCUT2D eigenvalue weighted by Gasteiger charge is 2.33. The van der Waals surface area contributed by atoms with Crippen molar-refractivity contribution in [3.8, 4) is 10.6 Å². The Hall–Kier alpha value is -2.54. The maximum absolute atomic E-state index is 13.0. The molecule has 2 aromatic carbocycles. The number of piperazine rings is 1. The second-order valence-corrected chi connectivity index (χ2v) is 9.28. The van der Waals surface area contributed by atoms with E-state index in [0.717, 1.165) is 61.8 Å². The number of aromatic nitrogens is 1. The number of carbonyl (C=O) groups excluding carboxylic acids is 1. The summed E-state index contributed by atoms with van der Waals surface area (Å²) >= 11 is 1.71. The molecule has 1 unspecified atom stereocenters. The van der Waals surface area contributed by atoms with Gasteiger partial charge in [-0.25, -0.2) is 4.98 Å². The SMILES string of the molecule is O=C(NC1CC1)C(c1ccccc1)N1CCN(Cc2csc(-c3ccccc3)n2)CC1. The lowest BCUT2D eigenvalue weighted by Gasteiger charge is -2.38. The van der Waals surface area contributed by atoms with Crippen molar-refractivity contribution in [2.24, 2.45) is 0 Å². The second-order valence-electron chi connectivity index (χ2n) is 8.42. The fraction of sp³-hybridized carbons (Fsp3) is 0.360. The van der Waals surface area contributed by atoms with Crippen molar-refractivity contribution in [3.63, 3.8) is 0 Å². The van der Waals surface area contributed by atoms with E-state index < -0.39 is 0 Å². The number of thiazole rings is 1. The number of carbonyl (C=O) groups is 1. The van der Waals surface area contributed by atoms with E-state index in [4.69, 9.17) is 4.98 Å². The summed E-state index contributed by atoms with van der Waals surface area (Å²) in [6.45, 7) is 4.51. The van der Waals surface area contributed by atoms with E-state index in [2.05, 4.69) is 56.9 Å². The van der Waals surface area contributed by atoms with Gasteiger partial charge in [0.2, 0.25) is 5.91 Å². The molecule has 160 valence electrons. The van der Waals surface area contributed by atoms with E-state index in [0.29, 0.717) is 6.04 Å². The lowest BCUT2D eigenvalue weighted by Crippen LogP contribution is -2.51. The summed E-state index contributed by atoms with van der Waals surface area (Å²) < 4.78 is 0. The van der Waals surface area contributed by atoms with Crippen LogP contribution in [0.3, 0.4) is 0 Å². The summed E-state index contributed by atoms with van der Waals surface area (Å²) in [6, 6.07) is 20.7. The Labute approximate surface area is 187 Å². The predicted molar refractivity (Wildman–Crippen MR) is 125 cm³/mol. The van der Waals surface area contributed by atoms with E-state index in [1.807, 2.05) is 24.3 Å². The van der Waals surface area contributed by atoms with Crippen molar-refractivity contribution in [3.05, 3.63) is 77.3 Å². The van der Waals surface area contributed by atoms with Crippen molar-refractivity contribution in [2.75, 3.05) is 26.2 Å². The summed E-state index contributed by atoms with van der Waals surface area (Å²) in [5.41, 5.74) is 3.39. The van der Waals surface area contributed by atoms with E-state index in [-0.39, 0.29) is 11.9 Å². The third-order valence-electron chi connectivity index (χ3n) is 6.02. The molecule has 1 N–H and O–H groups in total. The molecule has 1 aromatic heterocycles. The minimum atomic E-state index is -0.201. The molecule has 1 amide bonds. The van der Waals surface area contributed by atoms with Crippen LogP contribution in [0.15, 0.2) is 66.0 Å². The summed E-state index contributed by atoms with van der Waals surface area (Å²) in [4.78, 5) is 22.7. The third-order valence-corrected chi connectivity index (χ3v) is 6.96. The first-order valence-electron chi connectivity index (χ1n) is 11.1. The molecule has 0 spiro atoms. The van der Waals surface area contributed by atoms with Gasteiger partial charge >= 0.3 is 0 Å². The molecule has 31 heavy (non-hydrogen) atoms. The van der Waals surface area contributed by atoms with Gasteiger partial charge in [0, 0.05) is 49.7 Å². The van der Waals surface area contributed by atoms with Gasteiger partial charge < -0.3 is 5.32 Å². The third kappa shape index (κ3) is 5.03. The van der Waals surface area contributed by atoms with Gasteiger partial charge in [-0.05, 0) is 18.4 Å². The van der Waals surface area contributed by atoms with Crippen LogP contribution in [0.5, 0.6) is 0 Å². The van der Waals surface area contributed by atoms with E-state index in [1.165, 1.54) is 5.56 Å². The van der Waals surface area contributed by atoms with Crippen LogP contribution >= 0.6 is 11.3 Å². The molecule has 2 fully saturated rings. The Kier molecular flexibility index (Phi) is 6.11. The largest absolute Gasteiger partial charge is 0.352 e. The van der Waals surface area contributed by atoms with E-state index in [9.17, 15) is 4.79 Å². The van der Waals surface area contributed by atoms with Crippen LogP contribution in [0, 0.1) is 0 Å². The molecule has 0 bridgehead atoms. The molecule has 1 atom stereocenters. The molecule has 1 aliphatic heterocycles. The highest BCUT2D eigenvalue weighted by atomic mass is 32.1. The minimum Gasteiger partial charge on any atom is -0.352 e. The number of rotatable bonds is 7. The van der Waals surface area contributed by atoms with Crippen molar-refractivity contribution in [1.82, 2.24) is 20.1 Å². The van der Waals surface area contributed by atoms with Gasteiger partial charge in [0.15, 0.2) is 0 Å². The maximum atomic E-state index is 13.0. The molecule has 0 radical (unpaired) electrons. The normalized spacial score (nSPS) is 18.6. The Morgan fingerprint density at radius 1 is 1.00 bits per heavy atom. The van der Waals surface area contributed by atoms with E-state index >= 15 is 0 Å². The van der Waals surface area contributed by atoms with Gasteiger partial charge in [0.25, 0.3) is 0 Å². The topological polar surface area (TPSA) is 48.5 Å². The number of nitrogens with zero attached hydrogens (tertiary/aromatic N) is 3. The first-order chi connectivity index (χ1) is 15.3. The van der Waals surface area contributed by atoms with Crippen molar-refractivity contribution in [2.45, 2.75) is 31.5 Å². The molecule has 3 aromatic rings. The molecule has 5 nitrogen and oxygen atoms in total. The molecule has 1 saturated heterocycles. The summed E-state index contributed by atoms with van der Waals surface area (Å²) in [5.74, 6) is 0.147. The maximum Gasteiger partial charge on any atom is 0.242 e. The van der Waals surface area contributed by atoms with Gasteiger partial charge in [-0.2, -0.15) is 0 Å². The quantitative estimate of drug-likeness (QED) is 0.614. The van der Waals surface area contributed by atoms with Crippen LogP contribution in [0.1, 0.15) is 30.1 Å². The number of hydrogen-bond donors (Lipinski definition) is 1. The zero-order valence-corrected chi connectivity index (χ0v) is 18.4. The lowest BCUT2D eigenvalue weighted by molar-refractivity contribution is -0.127. The van der Waals surface area contributed by atoms with Crippen molar-refractivity contribution >= 4 is 17.2 Å². The average molecular weight is 433 g/mol. The molecular weight excluding hydrogens is 404 g/mol. The molecule has 1 aliphatic carbocycles. The zero-order valence-electron chi connectivity index (χ0n) is 17.6. The van der Waals surface area contributed by atoms with Gasteiger partial charge in [-0.1, -0.05) is 60.7 Å². The first kappa shape index (κ1) is 20.4. The number of hydrogen-bond acceptors (Lipinski definition) is 5. The van der Waals surface area contributed by atoms with Crippen LogP contribution in [-0.2, 0) is 11.3 Å². The second kappa shape index (κ2) is 9.30. The van der Waals surface area contributed by atoms with Crippen molar-refractivity contribution < 1.29 is 4.79 Å². The Balaban J connectivity index is 1.21. The summed E-state index contributed by atoms with van der Waals surface area (Å²) in [5, 5.41) is 6.47. The molecular formula is C25H28N4OS. The minimum absolute atomic E-state index is 0.147. The number of benzene rings is 2. The molecule has 1 saturated carbocycles. The standard InChI is InChI=1S/C25H28N4OS/c30-24(26-21-11-12-21)23(19-7-3-1-4-8-19)29-15-13-28(14-16-29)17-22-18-31-25(27-22)20-9-5-2-6-10-20/h1-10,18,21,23H,11-17H2,(H,26,30). The Morgan fingerprint density at radius 2 is 1.68 bits per heavy atom. The highest BCUT2D eigenvalue weighted by molar-refractivity contribution is 7.13. The van der Waals surface area contributed by atoms with Crippen molar-refractivity contribution in [1.29, 1.82) is 0 Å². The van der Waals surface area contributed by atoms with Crippen LogP contribution in [0.2, 0.25) is 0 Å². The van der Waals surface area contributed by atoms with Gasteiger partial charge in [0.05, 0.1) is 5.69 Å². The molecule has 6 heteroatoms. The predicted octanol–water partition coefficient (Wildman–Crippen LogP) is 3.95. The fourth-order valence-electron chi connectivity index (χ4n) is 4.17. The molecule has 2 aliphatic rings. The van der Waals surface area contributed by atoms with Gasteiger partial charge in [-0.3, -0.25) is 14.6 Å². The average Bonchev–Trinajstić information content (AvgIpc) is 3.50. The van der Waals surface area contributed by atoms with Crippen LogP contribution in [0.25, 0.3) is 10.6 Å². The summed E-state index contributed by atoms with van der Waals surface area (Å²) in [7, 11) is 0. The fourth-order valence-corrected chi connectivity index (χ4v) is 4.99. The van der Waals surface area contributed by atoms with Crippen LogP contribution in [-0.4, -0.2) is 52.9 Å².